The molecule has 138 valence electrons. The molecule has 1 fully saturated rings. The lowest BCUT2D eigenvalue weighted by molar-refractivity contribution is 0.0923. The van der Waals surface area contributed by atoms with E-state index in [1.807, 2.05) is 54.6 Å². The highest BCUT2D eigenvalue weighted by Gasteiger charge is 2.19. The van der Waals surface area contributed by atoms with Gasteiger partial charge in [0, 0.05) is 17.1 Å². The van der Waals surface area contributed by atoms with Crippen LogP contribution in [-0.4, -0.2) is 21.9 Å². The molecule has 2 N–H and O–H groups in total. The maximum atomic E-state index is 12.8. The zero-order valence-corrected chi connectivity index (χ0v) is 15.3. The zero-order chi connectivity index (χ0) is 18.5. The highest BCUT2D eigenvalue weighted by Crippen LogP contribution is 2.24. The molecule has 0 atom stereocenters. The summed E-state index contributed by atoms with van der Waals surface area (Å²) in [5, 5.41) is 7.36. The Labute approximate surface area is 159 Å². The van der Waals surface area contributed by atoms with E-state index in [1.165, 1.54) is 25.7 Å². The molecule has 3 aromatic rings. The molecular formula is C22H24N4O. The predicted molar refractivity (Wildman–Crippen MR) is 108 cm³/mol. The summed E-state index contributed by atoms with van der Waals surface area (Å²) >= 11 is 0. The molecule has 0 aliphatic heterocycles. The smallest absolute Gasteiger partial charge is 0.289 e. The lowest BCUT2D eigenvalue weighted by atomic mass is 10.1. The first-order valence-corrected chi connectivity index (χ1v) is 9.69. The van der Waals surface area contributed by atoms with Gasteiger partial charge in [0.15, 0.2) is 0 Å². The van der Waals surface area contributed by atoms with Crippen molar-refractivity contribution in [3.8, 4) is 0 Å². The van der Waals surface area contributed by atoms with E-state index in [4.69, 9.17) is 0 Å². The summed E-state index contributed by atoms with van der Waals surface area (Å²) < 4.78 is 0. The second-order valence-corrected chi connectivity index (χ2v) is 7.07. The van der Waals surface area contributed by atoms with Gasteiger partial charge in [0.1, 0.15) is 5.82 Å². The van der Waals surface area contributed by atoms with E-state index in [1.54, 1.807) is 0 Å². The van der Waals surface area contributed by atoms with Crippen molar-refractivity contribution in [3.63, 3.8) is 0 Å². The van der Waals surface area contributed by atoms with Crippen LogP contribution in [0.1, 0.15) is 49.1 Å². The maximum absolute atomic E-state index is 12.8. The first kappa shape index (κ1) is 17.5. The third-order valence-electron chi connectivity index (χ3n) is 5.03. The van der Waals surface area contributed by atoms with Crippen LogP contribution in [0.3, 0.4) is 0 Å². The van der Waals surface area contributed by atoms with E-state index in [0.717, 1.165) is 29.4 Å². The van der Waals surface area contributed by atoms with Crippen LogP contribution in [0, 0.1) is 0 Å². The minimum atomic E-state index is -0.191. The number of amides is 1. The number of benzene rings is 2. The van der Waals surface area contributed by atoms with Gasteiger partial charge in [0.25, 0.3) is 5.91 Å². The van der Waals surface area contributed by atoms with Crippen LogP contribution < -0.4 is 10.6 Å². The molecule has 0 radical (unpaired) electrons. The van der Waals surface area contributed by atoms with Gasteiger partial charge in [-0.15, -0.1) is 0 Å². The van der Waals surface area contributed by atoms with Gasteiger partial charge in [-0.05, 0) is 37.1 Å². The van der Waals surface area contributed by atoms with Crippen LogP contribution in [-0.2, 0) is 0 Å². The quantitative estimate of drug-likeness (QED) is 0.654. The van der Waals surface area contributed by atoms with E-state index in [2.05, 4.69) is 20.6 Å². The number of anilines is 2. The molecule has 5 heteroatoms. The van der Waals surface area contributed by atoms with Crippen molar-refractivity contribution in [3.05, 3.63) is 60.4 Å². The van der Waals surface area contributed by atoms with Crippen molar-refractivity contribution in [2.75, 3.05) is 5.32 Å². The highest BCUT2D eigenvalue weighted by molar-refractivity contribution is 5.97. The molecule has 1 heterocycles. The van der Waals surface area contributed by atoms with Crippen molar-refractivity contribution in [2.24, 2.45) is 0 Å². The number of rotatable bonds is 4. The molecule has 1 amide bonds. The van der Waals surface area contributed by atoms with E-state index < -0.39 is 0 Å². The molecule has 1 aliphatic carbocycles. The van der Waals surface area contributed by atoms with Gasteiger partial charge in [0.2, 0.25) is 5.82 Å². The van der Waals surface area contributed by atoms with Gasteiger partial charge >= 0.3 is 0 Å². The van der Waals surface area contributed by atoms with Crippen molar-refractivity contribution in [1.29, 1.82) is 0 Å². The van der Waals surface area contributed by atoms with Crippen molar-refractivity contribution < 1.29 is 4.79 Å². The second-order valence-electron chi connectivity index (χ2n) is 7.07. The molecule has 1 saturated carbocycles. The van der Waals surface area contributed by atoms with Crippen LogP contribution in [0.25, 0.3) is 10.9 Å². The summed E-state index contributed by atoms with van der Waals surface area (Å²) in [6.07, 6.45) is 6.92. The van der Waals surface area contributed by atoms with Gasteiger partial charge in [-0.3, -0.25) is 4.79 Å². The number of hydrogen-bond donors (Lipinski definition) is 2. The number of para-hydroxylation sites is 2. The monoisotopic (exact) mass is 360 g/mol. The van der Waals surface area contributed by atoms with Crippen molar-refractivity contribution in [1.82, 2.24) is 15.3 Å². The second kappa shape index (κ2) is 8.16. The number of carbonyl (C=O) groups is 1. The summed E-state index contributed by atoms with van der Waals surface area (Å²) in [7, 11) is 0. The van der Waals surface area contributed by atoms with Crippen LogP contribution in [0.5, 0.6) is 0 Å². The number of fused-ring (bicyclic) bond motifs is 1. The van der Waals surface area contributed by atoms with E-state index in [9.17, 15) is 4.79 Å². The summed E-state index contributed by atoms with van der Waals surface area (Å²) in [5.74, 6) is 0.679. The van der Waals surface area contributed by atoms with Crippen molar-refractivity contribution in [2.45, 2.75) is 44.6 Å². The third kappa shape index (κ3) is 4.25. The normalized spacial score (nSPS) is 15.3. The number of carbonyl (C=O) groups excluding carboxylic acids is 1. The molecular weight excluding hydrogens is 336 g/mol. The average Bonchev–Trinajstić information content (AvgIpc) is 2.97. The first-order chi connectivity index (χ1) is 13.3. The Balaban J connectivity index is 1.63. The summed E-state index contributed by atoms with van der Waals surface area (Å²) in [6.45, 7) is 0. The van der Waals surface area contributed by atoms with Crippen LogP contribution in [0.2, 0.25) is 0 Å². The van der Waals surface area contributed by atoms with E-state index in [0.29, 0.717) is 5.82 Å². The van der Waals surface area contributed by atoms with Gasteiger partial charge in [-0.25, -0.2) is 9.97 Å². The SMILES string of the molecule is O=C(NC1CCCCCC1)c1nc(Nc2ccccc2)c2ccccc2n1. The minimum absolute atomic E-state index is 0.191. The number of hydrogen-bond acceptors (Lipinski definition) is 4. The van der Waals surface area contributed by atoms with E-state index in [-0.39, 0.29) is 17.8 Å². The van der Waals surface area contributed by atoms with Crippen LogP contribution >= 0.6 is 0 Å². The topological polar surface area (TPSA) is 66.9 Å². The Bertz CT molecular complexity index is 918. The molecule has 1 aromatic heterocycles. The lowest BCUT2D eigenvalue weighted by Crippen LogP contribution is -2.35. The first-order valence-electron chi connectivity index (χ1n) is 9.69. The Morgan fingerprint density at radius 1 is 0.852 bits per heavy atom. The largest absolute Gasteiger partial charge is 0.347 e. The molecule has 0 spiro atoms. The molecule has 1 aliphatic rings. The van der Waals surface area contributed by atoms with Crippen molar-refractivity contribution >= 4 is 28.3 Å². The van der Waals surface area contributed by atoms with Crippen LogP contribution in [0.4, 0.5) is 11.5 Å². The Morgan fingerprint density at radius 3 is 2.33 bits per heavy atom. The average molecular weight is 360 g/mol. The molecule has 5 nitrogen and oxygen atoms in total. The number of nitrogens with zero attached hydrogens (tertiary/aromatic N) is 2. The third-order valence-corrected chi connectivity index (χ3v) is 5.03. The molecule has 0 saturated heterocycles. The van der Waals surface area contributed by atoms with Gasteiger partial charge < -0.3 is 10.6 Å². The lowest BCUT2D eigenvalue weighted by Gasteiger charge is -2.16. The Morgan fingerprint density at radius 2 is 1.56 bits per heavy atom. The predicted octanol–water partition coefficient (Wildman–Crippen LogP) is 4.83. The molecule has 0 unspecified atom stereocenters. The number of aromatic nitrogens is 2. The summed E-state index contributed by atoms with van der Waals surface area (Å²) in [6, 6.07) is 17.8. The van der Waals surface area contributed by atoms with Crippen LogP contribution in [0.15, 0.2) is 54.6 Å². The fourth-order valence-electron chi connectivity index (χ4n) is 3.61. The van der Waals surface area contributed by atoms with Gasteiger partial charge in [-0.2, -0.15) is 0 Å². The molecule has 27 heavy (non-hydrogen) atoms. The van der Waals surface area contributed by atoms with Gasteiger partial charge in [0.05, 0.1) is 5.52 Å². The van der Waals surface area contributed by atoms with Gasteiger partial charge in [-0.1, -0.05) is 56.0 Å². The Hall–Kier alpha value is -2.95. The summed E-state index contributed by atoms with van der Waals surface area (Å²) in [4.78, 5) is 21.9. The maximum Gasteiger partial charge on any atom is 0.289 e. The fourth-order valence-corrected chi connectivity index (χ4v) is 3.61. The fraction of sp³-hybridized carbons (Fsp3) is 0.318. The molecule has 4 rings (SSSR count). The van der Waals surface area contributed by atoms with E-state index >= 15 is 0 Å². The highest BCUT2D eigenvalue weighted by atomic mass is 16.2. The number of nitrogens with one attached hydrogen (secondary N) is 2. The molecule has 2 aromatic carbocycles. The minimum Gasteiger partial charge on any atom is -0.347 e. The zero-order valence-electron chi connectivity index (χ0n) is 15.3. The Kier molecular flexibility index (Phi) is 5.28. The standard InChI is InChI=1S/C22H24N4O/c27-22(24-17-12-4-1-2-5-13-17)21-25-19-15-9-8-14-18(19)20(26-21)23-16-10-6-3-7-11-16/h3,6-11,14-15,17H,1-2,4-5,12-13H2,(H,24,27)(H,23,25,26). The summed E-state index contributed by atoms with van der Waals surface area (Å²) in [5.41, 5.74) is 1.69. The molecule has 0 bridgehead atoms.